The molecule has 0 saturated carbocycles. The van der Waals surface area contributed by atoms with Gasteiger partial charge in [0.1, 0.15) is 0 Å². The van der Waals surface area contributed by atoms with E-state index in [4.69, 9.17) is 0 Å². The van der Waals surface area contributed by atoms with E-state index in [1.54, 1.807) is 0 Å². The second-order valence-electron chi connectivity index (χ2n) is 3.11. The van der Waals surface area contributed by atoms with Crippen molar-refractivity contribution in [3.63, 3.8) is 0 Å². The van der Waals surface area contributed by atoms with E-state index in [2.05, 4.69) is 47.7 Å². The molecule has 0 bridgehead atoms. The molecule has 2 heteroatoms. The highest BCUT2D eigenvalue weighted by atomic mass is 79.9. The molecule has 0 radical (unpaired) electrons. The number of nitrogens with one attached hydrogen (secondary N) is 1. The molecule has 0 aliphatic rings. The van der Waals surface area contributed by atoms with Crippen LogP contribution in [0.15, 0.2) is 23.8 Å². The molecule has 0 fully saturated rings. The zero-order valence-electron chi connectivity index (χ0n) is 7.99. The lowest BCUT2D eigenvalue weighted by atomic mass is 10.1. The topological polar surface area (TPSA) is 12.0 Å². The summed E-state index contributed by atoms with van der Waals surface area (Å²) in [5, 5.41) is 3.21. The predicted octanol–water partition coefficient (Wildman–Crippen LogP) is 3.23. The lowest BCUT2D eigenvalue weighted by Crippen LogP contribution is -2.12. The first-order valence-electron chi connectivity index (χ1n) is 4.23. The van der Waals surface area contributed by atoms with Crippen LogP contribution in [0, 0.1) is 0 Å². The van der Waals surface area contributed by atoms with Crippen LogP contribution in [0.1, 0.15) is 26.7 Å². The molecule has 0 rings (SSSR count). The van der Waals surface area contributed by atoms with E-state index in [-0.39, 0.29) is 0 Å². The second kappa shape index (κ2) is 7.56. The van der Waals surface area contributed by atoms with Gasteiger partial charge in [0.2, 0.25) is 0 Å². The van der Waals surface area contributed by atoms with Crippen molar-refractivity contribution < 1.29 is 0 Å². The van der Waals surface area contributed by atoms with Crippen molar-refractivity contribution in [2.45, 2.75) is 26.7 Å². The fourth-order valence-electron chi connectivity index (χ4n) is 0.882. The molecule has 0 heterocycles. The fraction of sp³-hybridized carbons (Fsp3) is 0.600. The van der Waals surface area contributed by atoms with Gasteiger partial charge in [-0.05, 0) is 26.7 Å². The van der Waals surface area contributed by atoms with E-state index in [9.17, 15) is 0 Å². The van der Waals surface area contributed by atoms with E-state index < -0.39 is 0 Å². The smallest absolute Gasteiger partial charge is 0.0519 e. The van der Waals surface area contributed by atoms with E-state index in [0.717, 1.165) is 24.8 Å². The maximum atomic E-state index is 3.86. The van der Waals surface area contributed by atoms with Crippen molar-refractivity contribution in [2.24, 2.45) is 0 Å². The third-order valence-electron chi connectivity index (χ3n) is 1.56. The van der Waals surface area contributed by atoms with Gasteiger partial charge in [0, 0.05) is 6.54 Å². The van der Waals surface area contributed by atoms with Crippen molar-refractivity contribution >= 4 is 15.9 Å². The Morgan fingerprint density at radius 3 is 2.67 bits per heavy atom. The highest BCUT2D eigenvalue weighted by Gasteiger charge is 1.88. The second-order valence-corrected chi connectivity index (χ2v) is 3.67. The van der Waals surface area contributed by atoms with Crippen LogP contribution in [0.3, 0.4) is 0 Å². The number of hydrogen-bond donors (Lipinski definition) is 1. The predicted molar refractivity (Wildman–Crippen MR) is 59.6 cm³/mol. The summed E-state index contributed by atoms with van der Waals surface area (Å²) in [5.41, 5.74) is 3.52. The number of alkyl halides is 1. The zero-order chi connectivity index (χ0) is 9.40. The maximum absolute atomic E-state index is 3.86. The zero-order valence-corrected chi connectivity index (χ0v) is 9.58. The first-order valence-corrected chi connectivity index (χ1v) is 5.35. The first kappa shape index (κ1) is 11.9. The maximum Gasteiger partial charge on any atom is 0.0519 e. The monoisotopic (exact) mass is 231 g/mol. The molecule has 0 aromatic rings. The summed E-state index contributed by atoms with van der Waals surface area (Å²) in [6, 6.07) is 0. The Labute approximate surface area is 84.1 Å². The van der Waals surface area contributed by atoms with Gasteiger partial charge in [-0.1, -0.05) is 33.2 Å². The van der Waals surface area contributed by atoms with Crippen LogP contribution in [0.2, 0.25) is 0 Å². The van der Waals surface area contributed by atoms with E-state index in [1.807, 2.05) is 0 Å². The first-order chi connectivity index (χ1) is 5.66. The highest BCUT2D eigenvalue weighted by molar-refractivity contribution is 9.09. The summed E-state index contributed by atoms with van der Waals surface area (Å²) in [4.78, 5) is 0. The van der Waals surface area contributed by atoms with Gasteiger partial charge in [0.05, 0.1) is 5.45 Å². The van der Waals surface area contributed by atoms with Crippen molar-refractivity contribution in [3.05, 3.63) is 23.8 Å². The highest BCUT2D eigenvalue weighted by Crippen LogP contribution is 2.03. The molecule has 70 valence electrons. The van der Waals surface area contributed by atoms with Crippen LogP contribution in [0.4, 0.5) is 0 Å². The Hall–Kier alpha value is -0.0800. The summed E-state index contributed by atoms with van der Waals surface area (Å²) < 4.78 is 0. The van der Waals surface area contributed by atoms with Crippen LogP contribution in [0.25, 0.3) is 0 Å². The number of allylic oxidation sites excluding steroid dienone is 2. The van der Waals surface area contributed by atoms with Crippen molar-refractivity contribution in [3.8, 4) is 0 Å². The molecule has 12 heavy (non-hydrogen) atoms. The molecule has 0 aromatic heterocycles. The quantitative estimate of drug-likeness (QED) is 0.421. The fourth-order valence-corrected chi connectivity index (χ4v) is 1.08. The van der Waals surface area contributed by atoms with E-state index >= 15 is 0 Å². The average molecular weight is 232 g/mol. The van der Waals surface area contributed by atoms with Crippen LogP contribution in [-0.2, 0) is 0 Å². The number of halogens is 1. The van der Waals surface area contributed by atoms with Crippen LogP contribution < -0.4 is 5.32 Å². The largest absolute Gasteiger partial charge is 0.304 e. The lowest BCUT2D eigenvalue weighted by Gasteiger charge is -2.01. The minimum Gasteiger partial charge on any atom is -0.304 e. The minimum absolute atomic E-state index is 0.860. The van der Waals surface area contributed by atoms with Crippen molar-refractivity contribution in [1.82, 2.24) is 5.32 Å². The van der Waals surface area contributed by atoms with E-state index in [1.165, 1.54) is 11.1 Å². The summed E-state index contributed by atoms with van der Waals surface area (Å²) in [6.45, 7) is 9.05. The molecular formula is C10H18BrN. The molecule has 1 N–H and O–H groups in total. The minimum atomic E-state index is 0.860. The van der Waals surface area contributed by atoms with Gasteiger partial charge in [-0.25, -0.2) is 0 Å². The van der Waals surface area contributed by atoms with Gasteiger partial charge < -0.3 is 5.32 Å². The molecule has 0 aliphatic carbocycles. The Bertz CT molecular complexity index is 161. The lowest BCUT2D eigenvalue weighted by molar-refractivity contribution is 0.850. The van der Waals surface area contributed by atoms with Gasteiger partial charge >= 0.3 is 0 Å². The Morgan fingerprint density at radius 1 is 1.50 bits per heavy atom. The van der Waals surface area contributed by atoms with Gasteiger partial charge in [0.15, 0.2) is 0 Å². The Kier molecular flexibility index (Phi) is 7.51. The number of hydrogen-bond acceptors (Lipinski definition) is 1. The van der Waals surface area contributed by atoms with Crippen LogP contribution in [0.5, 0.6) is 0 Å². The van der Waals surface area contributed by atoms with Crippen LogP contribution in [-0.4, -0.2) is 12.0 Å². The molecule has 0 aromatic carbocycles. The molecule has 0 saturated heterocycles. The van der Waals surface area contributed by atoms with Gasteiger partial charge in [-0.15, -0.1) is 6.58 Å². The summed E-state index contributed by atoms with van der Waals surface area (Å²) in [7, 11) is 0. The Morgan fingerprint density at radius 2 is 2.17 bits per heavy atom. The van der Waals surface area contributed by atoms with Gasteiger partial charge in [-0.3, -0.25) is 0 Å². The summed E-state index contributed by atoms with van der Waals surface area (Å²) in [6.07, 6.45) is 4.49. The normalized spacial score (nSPS) is 11.8. The molecule has 1 nitrogen and oxygen atoms in total. The molecule has 0 atom stereocenters. The summed E-state index contributed by atoms with van der Waals surface area (Å²) >= 11 is 3.32. The standard InChI is InChI=1S/C10H18BrN/c1-9(2)5-4-6-10(3)7-12-8-11/h6,12H,1,4-5,7-8H2,2-3H3/b10-6+. The molecule has 0 amide bonds. The van der Waals surface area contributed by atoms with Crippen molar-refractivity contribution in [1.29, 1.82) is 0 Å². The van der Waals surface area contributed by atoms with Crippen LogP contribution >= 0.6 is 15.9 Å². The van der Waals surface area contributed by atoms with Crippen molar-refractivity contribution in [2.75, 3.05) is 12.0 Å². The summed E-state index contributed by atoms with van der Waals surface area (Å²) in [5.74, 6) is 0. The average Bonchev–Trinajstić information content (AvgIpc) is 2.00. The number of rotatable bonds is 6. The van der Waals surface area contributed by atoms with Gasteiger partial charge in [0.25, 0.3) is 0 Å². The van der Waals surface area contributed by atoms with E-state index in [0.29, 0.717) is 0 Å². The molecular weight excluding hydrogens is 214 g/mol. The third-order valence-corrected chi connectivity index (χ3v) is 1.96. The SMILES string of the molecule is C=C(C)CC/C=C(\C)CNCBr. The molecule has 0 spiro atoms. The van der Waals surface area contributed by atoms with Gasteiger partial charge in [-0.2, -0.15) is 0 Å². The third kappa shape index (κ3) is 8.02. The Balaban J connectivity index is 3.47. The molecule has 0 aliphatic heterocycles. The molecule has 0 unspecified atom stereocenters.